The first kappa shape index (κ1) is 90.3. The number of morpholine rings is 3. The molecule has 15 heterocycles. The molecule has 0 unspecified atom stereocenters. The van der Waals surface area contributed by atoms with Gasteiger partial charge in [-0.3, -0.25) is 19.2 Å². The molecule has 0 radical (unpaired) electrons. The largest absolute Gasteiger partial charge is 0.494 e. The van der Waals surface area contributed by atoms with E-state index in [4.69, 9.17) is 45.3 Å². The van der Waals surface area contributed by atoms with Crippen LogP contribution < -0.4 is 37.7 Å². The third kappa shape index (κ3) is 22.8. The fraction of sp³-hybridized carbons (Fsp3) is 0.415. The summed E-state index contributed by atoms with van der Waals surface area (Å²) in [5.41, 5.74) is 4.09. The van der Waals surface area contributed by atoms with Crippen LogP contribution in [0.25, 0.3) is 44.6 Å². The molecule has 646 valence electrons. The molecular formula is C82H97Br3ClN27O9Sn. The van der Waals surface area contributed by atoms with E-state index in [9.17, 15) is 19.2 Å². The summed E-state index contributed by atoms with van der Waals surface area (Å²) < 4.78 is 38.4. The number of H-pyrrole nitrogens is 2. The summed E-state index contributed by atoms with van der Waals surface area (Å²) in [6.45, 7) is 19.9. The average molecular weight is 2000 g/mol. The van der Waals surface area contributed by atoms with Crippen LogP contribution in [0.4, 0.5) is 29.4 Å². The number of tetrazole rings is 2. The van der Waals surface area contributed by atoms with Crippen LogP contribution in [0.3, 0.4) is 0 Å². The van der Waals surface area contributed by atoms with Gasteiger partial charge in [0.1, 0.15) is 48.3 Å². The van der Waals surface area contributed by atoms with Crippen molar-refractivity contribution in [2.75, 3.05) is 170 Å². The number of unbranched alkanes of at least 4 members (excludes halogenated alkanes) is 3. The summed E-state index contributed by atoms with van der Waals surface area (Å²) in [5, 5.41) is 25.3. The van der Waals surface area contributed by atoms with E-state index < -0.39 is 41.8 Å². The second-order valence-electron chi connectivity index (χ2n) is 29.1. The predicted molar refractivity (Wildman–Crippen MR) is 479 cm³/mol. The van der Waals surface area contributed by atoms with Gasteiger partial charge in [0.25, 0.3) is 23.4 Å². The predicted octanol–water partition coefficient (Wildman–Crippen LogP) is 10.6. The maximum atomic E-state index is 13.6. The van der Waals surface area contributed by atoms with Gasteiger partial charge in [-0.15, -0.1) is 0 Å². The van der Waals surface area contributed by atoms with Crippen molar-refractivity contribution < 1.29 is 42.9 Å². The summed E-state index contributed by atoms with van der Waals surface area (Å²) in [6.07, 6.45) is 28.3. The van der Waals surface area contributed by atoms with Gasteiger partial charge >= 0.3 is 159 Å². The molecule has 5 fully saturated rings. The summed E-state index contributed by atoms with van der Waals surface area (Å²) in [4.78, 5) is 117. The Morgan fingerprint density at radius 3 is 1.22 bits per heavy atom. The minimum atomic E-state index is -2.42. The summed E-state index contributed by atoms with van der Waals surface area (Å²) in [7, 11) is 2.97. The van der Waals surface area contributed by atoms with Gasteiger partial charge in [0, 0.05) is 90.9 Å². The second kappa shape index (κ2) is 44.8. The van der Waals surface area contributed by atoms with Gasteiger partial charge in [-0.05, 0) is 92.9 Å². The molecule has 17 rings (SSSR count). The number of halogens is 4. The molecule has 0 saturated carbocycles. The molecule has 36 nitrogen and oxygen atoms in total. The van der Waals surface area contributed by atoms with Crippen molar-refractivity contribution in [2.45, 2.75) is 72.6 Å². The Balaban J connectivity index is 0.000000145. The standard InChI is InChI=1S/C29H29N11O4.C21H19ClN8O3.C8H10BrN3O.C8H10N3O.C4H2Br2N2.3C4H9.Sn/c1-43-22-17-33-25(21-16-31-23(18-30-21)37-11-13-44-14-12-37)26-24(22)20(15-32-26)27(41)28(42)38-7-9-39(10-8-38)29-34-35-36-40(29)19-5-3-2-4-6-19;1-33-15-12-24-19(22)17-16(15)14(11-23-17)18(31)20(32)28-7-9-29(10-8-28)21-25-26-27-30(21)13-5-3-2-4-6-13;9-7-5-11-8(6-10-7)12-1-3-13-4-2-12;1-2-10-8(7-9-1)11-3-5-12-6-4-11;5-3-1-7-4(6)2-8-3;3*1-3-4-2;/h2-6,15-18,32H,7-14H2,1H3;2-6,11-12,23H,7-10H2,1H3;5-6H,1-4H2;2,7H,3-6H2;1-2H;3*1,3-4H2,2H3;. The number of anilines is 5. The Kier molecular flexibility index (Phi) is 32.9. The summed E-state index contributed by atoms with van der Waals surface area (Å²) in [5.74, 6) is 2.16. The molecule has 0 bridgehead atoms. The van der Waals surface area contributed by atoms with Crippen molar-refractivity contribution in [1.29, 1.82) is 0 Å². The molecule has 0 spiro atoms. The van der Waals surface area contributed by atoms with E-state index in [1.165, 1.54) is 99.5 Å². The average Bonchev–Trinajstić information content (AvgIpc) is 1.75. The van der Waals surface area contributed by atoms with E-state index in [0.29, 0.717) is 122 Å². The van der Waals surface area contributed by atoms with Gasteiger partial charge < -0.3 is 58.3 Å². The van der Waals surface area contributed by atoms with E-state index in [2.05, 4.69) is 177 Å². The van der Waals surface area contributed by atoms with Crippen molar-refractivity contribution in [3.63, 3.8) is 0 Å². The number of piperazine rings is 2. The zero-order chi connectivity index (χ0) is 86.0. The van der Waals surface area contributed by atoms with Crippen LogP contribution in [-0.2, 0) is 23.8 Å². The number of hydrogen-bond acceptors (Lipinski definition) is 30. The Morgan fingerprint density at radius 2 is 0.829 bits per heavy atom. The fourth-order valence-corrected chi connectivity index (χ4v) is 30.7. The normalized spacial score (nSPS) is 14.9. The van der Waals surface area contributed by atoms with Gasteiger partial charge in [0.05, 0.1) is 135 Å². The number of Topliss-reactive ketones (excluding diaryl/α,β-unsaturated/α-hetero) is 2. The molecule has 0 aliphatic carbocycles. The van der Waals surface area contributed by atoms with Crippen LogP contribution in [0.15, 0.2) is 149 Å². The molecule has 2 amide bonds. The van der Waals surface area contributed by atoms with Gasteiger partial charge in [-0.1, -0.05) is 58.2 Å². The molecule has 2 aromatic carbocycles. The van der Waals surface area contributed by atoms with Crippen LogP contribution in [0.1, 0.15) is 80.0 Å². The number of methoxy groups -OCH3 is 2. The number of fused-ring (bicyclic) bond motifs is 2. The van der Waals surface area contributed by atoms with E-state index >= 15 is 0 Å². The van der Waals surface area contributed by atoms with Gasteiger partial charge in [0.2, 0.25) is 11.9 Å². The molecule has 5 saturated heterocycles. The molecule has 2 N–H and O–H groups in total. The van der Waals surface area contributed by atoms with E-state index in [0.717, 1.165) is 108 Å². The number of nitrogens with one attached hydrogen (secondary N) is 2. The Bertz CT molecular complexity index is 5350. The number of aromatic nitrogens is 20. The van der Waals surface area contributed by atoms with Crippen molar-refractivity contribution >= 4 is 156 Å². The summed E-state index contributed by atoms with van der Waals surface area (Å²) in [6, 6.07) is 19.2. The molecule has 10 aromatic heterocycles. The van der Waals surface area contributed by atoms with Crippen molar-refractivity contribution in [1.82, 2.24) is 110 Å². The summed E-state index contributed by atoms with van der Waals surface area (Å²) >= 11 is 13.3. The van der Waals surface area contributed by atoms with E-state index in [-0.39, 0.29) is 16.3 Å². The van der Waals surface area contributed by atoms with Crippen LogP contribution in [-0.4, -0.2) is 297 Å². The molecule has 123 heavy (non-hydrogen) atoms. The molecular weight excluding hydrogens is 1900 g/mol. The minimum absolute atomic E-state index is 0.196. The van der Waals surface area contributed by atoms with E-state index in [1.54, 1.807) is 51.4 Å². The van der Waals surface area contributed by atoms with Crippen molar-refractivity contribution in [3.8, 4) is 34.3 Å². The van der Waals surface area contributed by atoms with Gasteiger partial charge in [0.15, 0.2) is 5.15 Å². The number of rotatable bonds is 24. The van der Waals surface area contributed by atoms with Crippen molar-refractivity contribution in [3.05, 3.63) is 165 Å². The van der Waals surface area contributed by atoms with E-state index in [1.807, 2.05) is 70.5 Å². The maximum absolute atomic E-state index is 13.6. The molecule has 0 atom stereocenters. The van der Waals surface area contributed by atoms with Gasteiger partial charge in [-0.25, -0.2) is 39.9 Å². The van der Waals surface area contributed by atoms with Gasteiger partial charge in [-0.2, -0.15) is 9.36 Å². The first-order chi connectivity index (χ1) is 60.1. The first-order valence-electron chi connectivity index (χ1n) is 40.9. The zero-order valence-electron chi connectivity index (χ0n) is 69.1. The quantitative estimate of drug-likeness (QED) is 0.0246. The van der Waals surface area contributed by atoms with Crippen molar-refractivity contribution in [2.24, 2.45) is 0 Å². The van der Waals surface area contributed by atoms with Crippen LogP contribution in [0.2, 0.25) is 18.5 Å². The van der Waals surface area contributed by atoms with Crippen LogP contribution in [0.5, 0.6) is 11.5 Å². The molecule has 12 aromatic rings. The third-order valence-electron chi connectivity index (χ3n) is 21.5. The Morgan fingerprint density at radius 1 is 0.439 bits per heavy atom. The topological polar surface area (TPSA) is 385 Å². The number of ether oxygens (including phenoxy) is 5. The number of pyridine rings is 2. The maximum Gasteiger partial charge on any atom is 0.295 e. The second-order valence-corrected chi connectivity index (χ2v) is 45.0. The smallest absolute Gasteiger partial charge is 0.295 e. The number of amides is 2. The number of ketones is 2. The number of nitrogens with zero attached hydrogens (tertiary/aromatic N) is 25. The SMILES string of the molecule is Brc1cnc(Br)cn1.Brc1cnc(N2CCOCC2)cn1.CCC[CH2][Sn]([CH2]CCC)([CH2]CCC)[c]1cnc(N2CCOCC2)cn1.COc1cnc(-c2cnc(N3CCOCC3)cn2)c2[nH]cc(C(=O)C(=O)N3CCN(c4nnnn4-c4ccccc4)CC3)c12.COc1cnc(Cl)c2[nH]cc(C(=O)C(=O)N3CCN(c4nnnn4-c4ccccc4)CC3)c12. The number of aromatic amines is 2. The van der Waals surface area contributed by atoms with Crippen LogP contribution >= 0.6 is 59.4 Å². The number of hydrogen-bond donors (Lipinski definition) is 2. The fourth-order valence-electron chi connectivity index (χ4n) is 14.8. The number of para-hydroxylation sites is 2. The third-order valence-corrected chi connectivity index (χ3v) is 38.1. The molecule has 5 aliphatic rings. The Labute approximate surface area is 745 Å². The monoisotopic (exact) mass is 2000 g/mol. The zero-order valence-corrected chi connectivity index (χ0v) is 77.4. The minimum Gasteiger partial charge on any atom is -0.494 e. The molecule has 41 heteroatoms. The molecule has 5 aliphatic heterocycles. The number of carbonyl (C=O) groups is 4. The number of benzene rings is 2. The number of carbonyl (C=O) groups excluding carboxylic acids is 4. The first-order valence-corrected chi connectivity index (χ1v) is 51.2. The van der Waals surface area contributed by atoms with Crippen LogP contribution in [0, 0.1) is 0 Å². The Hall–Kier alpha value is -10.4.